The number of methoxy groups -OCH3 is 1. The summed E-state index contributed by atoms with van der Waals surface area (Å²) in [6.07, 6.45) is 6.01. The topological polar surface area (TPSA) is 29.5 Å². The van der Waals surface area contributed by atoms with Crippen molar-refractivity contribution in [1.29, 1.82) is 0 Å². The summed E-state index contributed by atoms with van der Waals surface area (Å²) >= 11 is 1.73. The van der Waals surface area contributed by atoms with Crippen molar-refractivity contribution >= 4 is 11.3 Å². The molecule has 1 saturated carbocycles. The van der Waals surface area contributed by atoms with Crippen molar-refractivity contribution in [2.45, 2.75) is 50.2 Å². The van der Waals surface area contributed by atoms with E-state index in [0.29, 0.717) is 6.10 Å². The van der Waals surface area contributed by atoms with E-state index in [0.717, 1.165) is 38.5 Å². The van der Waals surface area contributed by atoms with Gasteiger partial charge in [-0.2, -0.15) is 11.3 Å². The molecule has 2 nitrogen and oxygen atoms in total. The minimum atomic E-state index is -0.447. The molecule has 1 aliphatic rings. The molecule has 1 fully saturated rings. The van der Waals surface area contributed by atoms with Crippen LogP contribution in [0.2, 0.25) is 0 Å². The Labute approximate surface area is 101 Å². The van der Waals surface area contributed by atoms with Crippen LogP contribution in [-0.2, 0) is 11.2 Å². The maximum Gasteiger partial charge on any atom is 0.0653 e. The predicted octanol–water partition coefficient (Wildman–Crippen LogP) is 3.00. The molecule has 0 atom stereocenters. The zero-order valence-electron chi connectivity index (χ0n) is 9.82. The molecule has 0 saturated heterocycles. The predicted molar refractivity (Wildman–Crippen MR) is 66.9 cm³/mol. The molecule has 0 bridgehead atoms. The smallest absolute Gasteiger partial charge is 0.0653 e. The average molecular weight is 240 g/mol. The van der Waals surface area contributed by atoms with Crippen molar-refractivity contribution < 1.29 is 9.84 Å². The first-order valence-corrected chi connectivity index (χ1v) is 6.92. The minimum Gasteiger partial charge on any atom is -0.390 e. The Morgan fingerprint density at radius 2 is 2.25 bits per heavy atom. The molecule has 1 N–H and O–H groups in total. The lowest BCUT2D eigenvalue weighted by atomic mass is 9.80. The molecule has 2 rings (SSSR count). The largest absolute Gasteiger partial charge is 0.390 e. The molecule has 1 aliphatic carbocycles. The SMILES string of the molecule is COC1CCC(O)(CCc2ccsc2)CC1. The molecule has 0 unspecified atom stereocenters. The van der Waals surface area contributed by atoms with Gasteiger partial charge in [0.1, 0.15) is 0 Å². The standard InChI is InChI=1S/C13H20O2S/c1-15-12-3-7-13(14,8-4-12)6-2-11-5-9-16-10-11/h5,9-10,12,14H,2-4,6-8H2,1H3. The number of hydrogen-bond donors (Lipinski definition) is 1. The Balaban J connectivity index is 1.80. The number of hydrogen-bond acceptors (Lipinski definition) is 3. The van der Waals surface area contributed by atoms with E-state index in [-0.39, 0.29) is 0 Å². The summed E-state index contributed by atoms with van der Waals surface area (Å²) in [6.45, 7) is 0. The van der Waals surface area contributed by atoms with Gasteiger partial charge in [0.05, 0.1) is 11.7 Å². The zero-order chi connectivity index (χ0) is 11.4. The fraction of sp³-hybridized carbons (Fsp3) is 0.692. The van der Waals surface area contributed by atoms with Crippen LogP contribution in [0.1, 0.15) is 37.7 Å². The number of rotatable bonds is 4. The van der Waals surface area contributed by atoms with Gasteiger partial charge in [0.2, 0.25) is 0 Å². The fourth-order valence-electron chi connectivity index (χ4n) is 2.43. The Kier molecular flexibility index (Phi) is 4.00. The quantitative estimate of drug-likeness (QED) is 0.876. The lowest BCUT2D eigenvalue weighted by Crippen LogP contribution is -2.36. The van der Waals surface area contributed by atoms with Crippen molar-refractivity contribution in [2.24, 2.45) is 0 Å². The van der Waals surface area contributed by atoms with Gasteiger partial charge in [-0.15, -0.1) is 0 Å². The molecule has 1 aromatic heterocycles. The normalized spacial score (nSPS) is 30.5. The second-order valence-electron chi connectivity index (χ2n) is 4.79. The molecule has 16 heavy (non-hydrogen) atoms. The number of aryl methyl sites for hydroxylation is 1. The van der Waals surface area contributed by atoms with Crippen LogP contribution >= 0.6 is 11.3 Å². The fourth-order valence-corrected chi connectivity index (χ4v) is 3.13. The first kappa shape index (κ1) is 12.1. The molecule has 90 valence electrons. The highest BCUT2D eigenvalue weighted by atomic mass is 32.1. The molecule has 0 aromatic carbocycles. The Morgan fingerprint density at radius 1 is 1.50 bits per heavy atom. The summed E-state index contributed by atoms with van der Waals surface area (Å²) in [6, 6.07) is 2.15. The molecular formula is C13H20O2S. The van der Waals surface area contributed by atoms with Crippen LogP contribution in [0.3, 0.4) is 0 Å². The van der Waals surface area contributed by atoms with Crippen molar-refractivity contribution in [1.82, 2.24) is 0 Å². The van der Waals surface area contributed by atoms with Crippen LogP contribution in [0.5, 0.6) is 0 Å². The summed E-state index contributed by atoms with van der Waals surface area (Å²) < 4.78 is 5.33. The van der Waals surface area contributed by atoms with Crippen LogP contribution in [-0.4, -0.2) is 23.9 Å². The van der Waals surface area contributed by atoms with E-state index < -0.39 is 5.60 Å². The van der Waals surface area contributed by atoms with Crippen LogP contribution in [0.25, 0.3) is 0 Å². The van der Waals surface area contributed by atoms with Gasteiger partial charge in [-0.1, -0.05) is 0 Å². The summed E-state index contributed by atoms with van der Waals surface area (Å²) in [4.78, 5) is 0. The van der Waals surface area contributed by atoms with Gasteiger partial charge >= 0.3 is 0 Å². The zero-order valence-corrected chi connectivity index (χ0v) is 10.6. The molecule has 0 aliphatic heterocycles. The van der Waals surface area contributed by atoms with Crippen molar-refractivity contribution in [3.05, 3.63) is 22.4 Å². The summed E-state index contributed by atoms with van der Waals surface area (Å²) in [7, 11) is 1.76. The second kappa shape index (κ2) is 5.30. The van der Waals surface area contributed by atoms with E-state index in [1.165, 1.54) is 5.56 Å². The Morgan fingerprint density at radius 3 is 2.81 bits per heavy atom. The highest BCUT2D eigenvalue weighted by Crippen LogP contribution is 2.33. The van der Waals surface area contributed by atoms with Gasteiger partial charge < -0.3 is 9.84 Å². The van der Waals surface area contributed by atoms with Crippen LogP contribution in [0.15, 0.2) is 16.8 Å². The number of aliphatic hydroxyl groups is 1. The monoisotopic (exact) mass is 240 g/mol. The van der Waals surface area contributed by atoms with E-state index >= 15 is 0 Å². The molecule has 1 heterocycles. The van der Waals surface area contributed by atoms with Gasteiger partial charge in [-0.05, 0) is 60.9 Å². The molecule has 0 amide bonds. The molecule has 0 spiro atoms. The van der Waals surface area contributed by atoms with E-state index in [1.807, 2.05) is 0 Å². The van der Waals surface area contributed by atoms with Crippen LogP contribution < -0.4 is 0 Å². The lowest BCUT2D eigenvalue weighted by molar-refractivity contribution is -0.0478. The van der Waals surface area contributed by atoms with Crippen molar-refractivity contribution in [3.8, 4) is 0 Å². The third-order valence-corrected chi connectivity index (χ3v) is 4.39. The Bertz CT molecular complexity index is 300. The van der Waals surface area contributed by atoms with Gasteiger partial charge in [0.25, 0.3) is 0 Å². The van der Waals surface area contributed by atoms with Gasteiger partial charge in [0, 0.05) is 7.11 Å². The van der Waals surface area contributed by atoms with E-state index in [1.54, 1.807) is 18.4 Å². The molecule has 1 aromatic rings. The Hall–Kier alpha value is -0.380. The van der Waals surface area contributed by atoms with E-state index in [9.17, 15) is 5.11 Å². The third-order valence-electron chi connectivity index (χ3n) is 3.66. The van der Waals surface area contributed by atoms with Crippen molar-refractivity contribution in [3.63, 3.8) is 0 Å². The highest BCUT2D eigenvalue weighted by Gasteiger charge is 2.32. The minimum absolute atomic E-state index is 0.362. The maximum atomic E-state index is 10.4. The third kappa shape index (κ3) is 3.06. The first-order chi connectivity index (χ1) is 7.72. The van der Waals surface area contributed by atoms with E-state index in [2.05, 4.69) is 16.8 Å². The summed E-state index contributed by atoms with van der Waals surface area (Å²) in [5.41, 5.74) is 0.907. The molecular weight excluding hydrogens is 220 g/mol. The van der Waals surface area contributed by atoms with Gasteiger partial charge in [-0.25, -0.2) is 0 Å². The second-order valence-corrected chi connectivity index (χ2v) is 5.57. The maximum absolute atomic E-state index is 10.4. The first-order valence-electron chi connectivity index (χ1n) is 5.98. The summed E-state index contributed by atoms with van der Waals surface area (Å²) in [5, 5.41) is 14.7. The van der Waals surface area contributed by atoms with Crippen LogP contribution in [0.4, 0.5) is 0 Å². The average Bonchev–Trinajstić information content (AvgIpc) is 2.81. The van der Waals surface area contributed by atoms with Gasteiger partial charge in [-0.3, -0.25) is 0 Å². The highest BCUT2D eigenvalue weighted by molar-refractivity contribution is 7.07. The number of ether oxygens (including phenoxy) is 1. The summed E-state index contributed by atoms with van der Waals surface area (Å²) in [5.74, 6) is 0. The number of thiophene rings is 1. The van der Waals surface area contributed by atoms with Crippen molar-refractivity contribution in [2.75, 3.05) is 7.11 Å². The van der Waals surface area contributed by atoms with Gasteiger partial charge in [0.15, 0.2) is 0 Å². The van der Waals surface area contributed by atoms with Crippen LogP contribution in [0, 0.1) is 0 Å². The molecule has 0 radical (unpaired) electrons. The molecule has 3 heteroatoms. The van der Waals surface area contributed by atoms with E-state index in [4.69, 9.17) is 4.74 Å². The lowest BCUT2D eigenvalue weighted by Gasteiger charge is -2.35.